The molecule has 2 rings (SSSR count). The van der Waals surface area contributed by atoms with Gasteiger partial charge in [0.1, 0.15) is 23.3 Å². The van der Waals surface area contributed by atoms with E-state index in [1.165, 1.54) is 4.90 Å². The minimum absolute atomic E-state index is 0.207. The molecule has 0 aliphatic carbocycles. The summed E-state index contributed by atoms with van der Waals surface area (Å²) in [4.78, 5) is 26.9. The van der Waals surface area contributed by atoms with Gasteiger partial charge in [-0.25, -0.2) is 0 Å². The number of benzene rings is 2. The van der Waals surface area contributed by atoms with Crippen LogP contribution in [0.25, 0.3) is 0 Å². The summed E-state index contributed by atoms with van der Waals surface area (Å²) in [6.07, 6.45) is 0. The van der Waals surface area contributed by atoms with Gasteiger partial charge < -0.3 is 24.4 Å². The highest BCUT2D eigenvalue weighted by molar-refractivity contribution is 5.87. The first-order valence-electron chi connectivity index (χ1n) is 9.86. The third-order valence-electron chi connectivity index (χ3n) is 4.68. The molecule has 1 atom stereocenters. The molecular formula is C23H30N2O5. The predicted molar refractivity (Wildman–Crippen MR) is 115 cm³/mol. The van der Waals surface area contributed by atoms with Gasteiger partial charge in [0, 0.05) is 31.3 Å². The predicted octanol–water partition coefficient (Wildman–Crippen LogP) is 2.94. The summed E-state index contributed by atoms with van der Waals surface area (Å²) in [5.41, 5.74) is 2.07. The molecule has 0 unspecified atom stereocenters. The zero-order chi connectivity index (χ0) is 22.1. The SMILES string of the molecule is CCNC(=O)[C@@H](C)N(Cc1ccc(C)cc1)C(=O)COc1cc(OC)cc(OC)c1. The Morgan fingerprint density at radius 2 is 1.57 bits per heavy atom. The highest BCUT2D eigenvalue weighted by atomic mass is 16.5. The van der Waals surface area contributed by atoms with Gasteiger partial charge in [-0.2, -0.15) is 0 Å². The van der Waals surface area contributed by atoms with E-state index in [0.717, 1.165) is 11.1 Å². The van der Waals surface area contributed by atoms with E-state index in [-0.39, 0.29) is 18.4 Å². The highest BCUT2D eigenvalue weighted by Crippen LogP contribution is 2.27. The van der Waals surface area contributed by atoms with Crippen molar-refractivity contribution >= 4 is 11.8 Å². The molecule has 0 spiro atoms. The second kappa shape index (κ2) is 11.1. The van der Waals surface area contributed by atoms with E-state index in [2.05, 4.69) is 5.32 Å². The molecule has 0 aliphatic rings. The Kier molecular flexibility index (Phi) is 8.53. The minimum atomic E-state index is -0.637. The molecule has 0 saturated heterocycles. The molecule has 0 bridgehead atoms. The van der Waals surface area contributed by atoms with Crippen LogP contribution in [0.1, 0.15) is 25.0 Å². The van der Waals surface area contributed by atoms with Crippen LogP contribution in [0.3, 0.4) is 0 Å². The Hall–Kier alpha value is -3.22. The Labute approximate surface area is 177 Å². The summed E-state index contributed by atoms with van der Waals surface area (Å²) in [6, 6.07) is 12.3. The van der Waals surface area contributed by atoms with E-state index in [4.69, 9.17) is 14.2 Å². The second-order valence-electron chi connectivity index (χ2n) is 6.91. The molecule has 0 radical (unpaired) electrons. The van der Waals surface area contributed by atoms with Crippen molar-refractivity contribution in [2.24, 2.45) is 0 Å². The topological polar surface area (TPSA) is 77.1 Å². The van der Waals surface area contributed by atoms with Gasteiger partial charge in [0.25, 0.3) is 5.91 Å². The number of nitrogens with zero attached hydrogens (tertiary/aromatic N) is 1. The van der Waals surface area contributed by atoms with E-state index < -0.39 is 6.04 Å². The van der Waals surface area contributed by atoms with Crippen molar-refractivity contribution in [3.8, 4) is 17.2 Å². The maximum atomic E-state index is 13.0. The fourth-order valence-corrected chi connectivity index (χ4v) is 2.89. The average Bonchev–Trinajstić information content (AvgIpc) is 2.76. The molecule has 162 valence electrons. The van der Waals surface area contributed by atoms with Crippen LogP contribution in [0, 0.1) is 6.92 Å². The third kappa shape index (κ3) is 6.40. The number of likely N-dealkylation sites (N-methyl/N-ethyl adjacent to an activating group) is 1. The van der Waals surface area contributed by atoms with Crippen molar-refractivity contribution in [2.75, 3.05) is 27.4 Å². The van der Waals surface area contributed by atoms with Crippen LogP contribution >= 0.6 is 0 Å². The summed E-state index contributed by atoms with van der Waals surface area (Å²) in [6.45, 7) is 6.14. The monoisotopic (exact) mass is 414 g/mol. The molecule has 2 aromatic rings. The molecule has 1 N–H and O–H groups in total. The van der Waals surface area contributed by atoms with Gasteiger partial charge in [-0.1, -0.05) is 29.8 Å². The van der Waals surface area contributed by atoms with Gasteiger partial charge in [0.15, 0.2) is 6.61 Å². The van der Waals surface area contributed by atoms with Gasteiger partial charge in [-0.15, -0.1) is 0 Å². The van der Waals surface area contributed by atoms with Crippen LogP contribution in [0.2, 0.25) is 0 Å². The van der Waals surface area contributed by atoms with Crippen LogP contribution < -0.4 is 19.5 Å². The lowest BCUT2D eigenvalue weighted by Gasteiger charge is -2.28. The molecule has 0 saturated carbocycles. The molecule has 0 aliphatic heterocycles. The van der Waals surface area contributed by atoms with Crippen molar-refractivity contribution in [1.29, 1.82) is 0 Å². The Balaban J connectivity index is 2.17. The number of hydrogen-bond donors (Lipinski definition) is 1. The van der Waals surface area contributed by atoms with Crippen LogP contribution in [-0.2, 0) is 16.1 Å². The maximum absolute atomic E-state index is 13.0. The molecule has 0 aromatic heterocycles. The number of hydrogen-bond acceptors (Lipinski definition) is 5. The molecule has 7 nitrogen and oxygen atoms in total. The highest BCUT2D eigenvalue weighted by Gasteiger charge is 2.26. The van der Waals surface area contributed by atoms with E-state index >= 15 is 0 Å². The van der Waals surface area contributed by atoms with Gasteiger partial charge in [0.2, 0.25) is 5.91 Å². The van der Waals surface area contributed by atoms with Crippen molar-refractivity contribution in [3.05, 3.63) is 53.6 Å². The van der Waals surface area contributed by atoms with E-state index in [1.54, 1.807) is 39.3 Å². The molecular weight excluding hydrogens is 384 g/mol. The number of methoxy groups -OCH3 is 2. The van der Waals surface area contributed by atoms with Crippen LogP contribution in [0.5, 0.6) is 17.2 Å². The van der Waals surface area contributed by atoms with Gasteiger partial charge in [0.05, 0.1) is 14.2 Å². The quantitative estimate of drug-likeness (QED) is 0.647. The zero-order valence-corrected chi connectivity index (χ0v) is 18.2. The smallest absolute Gasteiger partial charge is 0.261 e. The number of rotatable bonds is 10. The first kappa shape index (κ1) is 23.1. The standard InChI is InChI=1S/C23H30N2O5/c1-6-24-23(27)17(3)25(14-18-9-7-16(2)8-10-18)22(26)15-30-21-12-19(28-4)11-20(13-21)29-5/h7-13,17H,6,14-15H2,1-5H3,(H,24,27)/t17-/m1/s1. The second-order valence-corrected chi connectivity index (χ2v) is 6.91. The Morgan fingerprint density at radius 1 is 1.00 bits per heavy atom. The molecule has 30 heavy (non-hydrogen) atoms. The number of nitrogens with one attached hydrogen (secondary N) is 1. The van der Waals surface area contributed by atoms with Crippen molar-refractivity contribution in [1.82, 2.24) is 10.2 Å². The molecule has 7 heteroatoms. The summed E-state index contributed by atoms with van der Waals surface area (Å²) < 4.78 is 16.2. The third-order valence-corrected chi connectivity index (χ3v) is 4.68. The fourth-order valence-electron chi connectivity index (χ4n) is 2.89. The normalized spacial score (nSPS) is 11.4. The summed E-state index contributed by atoms with van der Waals surface area (Å²) in [7, 11) is 3.09. The molecule has 2 aromatic carbocycles. The first-order chi connectivity index (χ1) is 14.4. The van der Waals surface area contributed by atoms with Crippen molar-refractivity contribution < 1.29 is 23.8 Å². The van der Waals surface area contributed by atoms with Crippen molar-refractivity contribution in [2.45, 2.75) is 33.4 Å². The molecule has 0 heterocycles. The van der Waals surface area contributed by atoms with E-state index in [9.17, 15) is 9.59 Å². The van der Waals surface area contributed by atoms with Crippen molar-refractivity contribution in [3.63, 3.8) is 0 Å². The zero-order valence-electron chi connectivity index (χ0n) is 18.2. The summed E-state index contributed by atoms with van der Waals surface area (Å²) in [5, 5.41) is 2.77. The average molecular weight is 415 g/mol. The molecule has 2 amide bonds. The first-order valence-corrected chi connectivity index (χ1v) is 9.86. The Bertz CT molecular complexity index is 829. The maximum Gasteiger partial charge on any atom is 0.261 e. The summed E-state index contributed by atoms with van der Waals surface area (Å²) in [5.74, 6) is 1.06. The van der Waals surface area contributed by atoms with Gasteiger partial charge in [-0.05, 0) is 26.3 Å². The number of aryl methyl sites for hydroxylation is 1. The number of ether oxygens (including phenoxy) is 3. The lowest BCUT2D eigenvalue weighted by molar-refractivity contribution is -0.142. The number of carbonyl (C=O) groups excluding carboxylic acids is 2. The number of amides is 2. The molecule has 0 fully saturated rings. The van der Waals surface area contributed by atoms with Crippen LogP contribution in [0.15, 0.2) is 42.5 Å². The minimum Gasteiger partial charge on any atom is -0.496 e. The van der Waals surface area contributed by atoms with E-state index in [0.29, 0.717) is 30.3 Å². The largest absolute Gasteiger partial charge is 0.496 e. The lowest BCUT2D eigenvalue weighted by Crippen LogP contribution is -2.49. The van der Waals surface area contributed by atoms with Gasteiger partial charge in [-0.3, -0.25) is 9.59 Å². The van der Waals surface area contributed by atoms with E-state index in [1.807, 2.05) is 38.1 Å². The lowest BCUT2D eigenvalue weighted by atomic mass is 10.1. The summed E-state index contributed by atoms with van der Waals surface area (Å²) >= 11 is 0. The van der Waals surface area contributed by atoms with Crippen LogP contribution in [-0.4, -0.2) is 50.1 Å². The van der Waals surface area contributed by atoms with Gasteiger partial charge >= 0.3 is 0 Å². The Morgan fingerprint density at radius 3 is 2.10 bits per heavy atom. The number of carbonyl (C=O) groups is 2. The fraction of sp³-hybridized carbons (Fsp3) is 0.391. The van der Waals surface area contributed by atoms with Crippen LogP contribution in [0.4, 0.5) is 0 Å².